The Kier molecular flexibility index (Phi) is 8.81. The van der Waals surface area contributed by atoms with Crippen molar-refractivity contribution in [2.45, 2.75) is 52.9 Å². The minimum atomic E-state index is 0.396. The number of allylic oxidation sites excluding steroid dienone is 1. The lowest BCUT2D eigenvalue weighted by Gasteiger charge is -2.04. The Morgan fingerprint density at radius 3 is 2.29 bits per heavy atom. The monoisotopic (exact) mass is 235 g/mol. The Morgan fingerprint density at radius 1 is 1.14 bits per heavy atom. The van der Waals surface area contributed by atoms with Crippen LogP contribution >= 0.6 is 23.2 Å². The molecule has 0 aliphatic rings. The molecular formula is C12H21Cl2. The molecule has 0 fully saturated rings. The summed E-state index contributed by atoms with van der Waals surface area (Å²) in [4.78, 5) is 0. The third-order valence-electron chi connectivity index (χ3n) is 2.23. The van der Waals surface area contributed by atoms with Crippen molar-refractivity contribution in [3.8, 4) is 0 Å². The number of halogens is 2. The predicted octanol–water partition coefficient (Wildman–Crippen LogP) is 5.51. The highest BCUT2D eigenvalue weighted by molar-refractivity contribution is 6.56. The van der Waals surface area contributed by atoms with Gasteiger partial charge in [0.25, 0.3) is 0 Å². The van der Waals surface area contributed by atoms with Gasteiger partial charge in [0, 0.05) is 0 Å². The van der Waals surface area contributed by atoms with E-state index in [4.69, 9.17) is 23.2 Å². The zero-order valence-electron chi connectivity index (χ0n) is 9.45. The minimum Gasteiger partial charge on any atom is -0.0709 e. The van der Waals surface area contributed by atoms with Crippen LogP contribution in [0, 0.1) is 12.3 Å². The van der Waals surface area contributed by atoms with E-state index in [9.17, 15) is 0 Å². The number of hydrogen-bond donors (Lipinski definition) is 0. The molecule has 0 amide bonds. The molecule has 83 valence electrons. The first-order valence-corrected chi connectivity index (χ1v) is 6.14. The Hall–Kier alpha value is 0.320. The van der Waals surface area contributed by atoms with Gasteiger partial charge in [0.2, 0.25) is 0 Å². The van der Waals surface area contributed by atoms with Gasteiger partial charge < -0.3 is 0 Å². The second kappa shape index (κ2) is 8.61. The second-order valence-corrected chi connectivity index (χ2v) is 5.13. The average molecular weight is 236 g/mol. The molecule has 0 aliphatic heterocycles. The molecule has 0 aromatic rings. The highest BCUT2D eigenvalue weighted by Crippen LogP contribution is 2.19. The van der Waals surface area contributed by atoms with Gasteiger partial charge in [-0.3, -0.25) is 0 Å². The fraction of sp³-hybridized carbons (Fsp3) is 0.750. The third kappa shape index (κ3) is 8.90. The third-order valence-corrected chi connectivity index (χ3v) is 2.83. The van der Waals surface area contributed by atoms with Gasteiger partial charge in [-0.25, -0.2) is 0 Å². The van der Waals surface area contributed by atoms with Crippen molar-refractivity contribution in [2.75, 3.05) is 0 Å². The molecule has 0 N–H and O–H groups in total. The van der Waals surface area contributed by atoms with Gasteiger partial charge in [-0.05, 0) is 31.3 Å². The lowest BCUT2D eigenvalue weighted by molar-refractivity contribution is 0.527. The van der Waals surface area contributed by atoms with Crippen LogP contribution in [0.4, 0.5) is 0 Å². The van der Waals surface area contributed by atoms with E-state index in [-0.39, 0.29) is 0 Å². The first kappa shape index (κ1) is 14.3. The largest absolute Gasteiger partial charge is 0.106 e. The van der Waals surface area contributed by atoms with E-state index >= 15 is 0 Å². The molecule has 0 atom stereocenters. The van der Waals surface area contributed by atoms with Crippen LogP contribution in [0.25, 0.3) is 0 Å². The maximum absolute atomic E-state index is 5.62. The SMILES string of the molecule is CC([CH]CCCCCC(C)C)=C(Cl)Cl. The van der Waals surface area contributed by atoms with Crippen LogP contribution in [0.1, 0.15) is 52.9 Å². The summed E-state index contributed by atoms with van der Waals surface area (Å²) in [7, 11) is 0. The Morgan fingerprint density at radius 2 is 1.79 bits per heavy atom. The molecule has 0 saturated heterocycles. The van der Waals surface area contributed by atoms with Crippen molar-refractivity contribution in [1.29, 1.82) is 0 Å². The average Bonchev–Trinajstić information content (AvgIpc) is 2.09. The van der Waals surface area contributed by atoms with Crippen LogP contribution in [0.3, 0.4) is 0 Å². The molecule has 0 unspecified atom stereocenters. The first-order chi connectivity index (χ1) is 6.54. The summed E-state index contributed by atoms with van der Waals surface area (Å²) in [6.45, 7) is 6.49. The van der Waals surface area contributed by atoms with Crippen molar-refractivity contribution in [2.24, 2.45) is 5.92 Å². The van der Waals surface area contributed by atoms with Crippen molar-refractivity contribution in [3.63, 3.8) is 0 Å². The summed E-state index contributed by atoms with van der Waals surface area (Å²) in [6.07, 6.45) is 8.43. The molecule has 0 aromatic carbocycles. The van der Waals surface area contributed by atoms with E-state index in [0.717, 1.165) is 17.9 Å². The Bertz CT molecular complexity index is 167. The lowest BCUT2D eigenvalue weighted by Crippen LogP contribution is -1.87. The molecule has 1 radical (unpaired) electrons. The smallest absolute Gasteiger partial charge is 0.0709 e. The van der Waals surface area contributed by atoms with Gasteiger partial charge in [-0.15, -0.1) is 0 Å². The minimum absolute atomic E-state index is 0.396. The van der Waals surface area contributed by atoms with Crippen LogP contribution in [0.2, 0.25) is 0 Å². The molecule has 0 rings (SSSR count). The van der Waals surface area contributed by atoms with Gasteiger partial charge in [0.15, 0.2) is 0 Å². The number of hydrogen-bond acceptors (Lipinski definition) is 0. The molecule has 0 aromatic heterocycles. The molecule has 2 heteroatoms. The quantitative estimate of drug-likeness (QED) is 0.511. The first-order valence-electron chi connectivity index (χ1n) is 5.39. The Labute approximate surface area is 98.7 Å². The summed E-state index contributed by atoms with van der Waals surface area (Å²) >= 11 is 11.2. The topological polar surface area (TPSA) is 0 Å². The summed E-state index contributed by atoms with van der Waals surface area (Å²) in [5, 5.41) is 0. The van der Waals surface area contributed by atoms with E-state index < -0.39 is 0 Å². The van der Waals surface area contributed by atoms with Gasteiger partial charge >= 0.3 is 0 Å². The normalized spacial score (nSPS) is 10.7. The molecular weight excluding hydrogens is 215 g/mol. The molecule has 0 aliphatic carbocycles. The van der Waals surface area contributed by atoms with Gasteiger partial charge in [-0.2, -0.15) is 0 Å². The van der Waals surface area contributed by atoms with Gasteiger partial charge in [0.05, 0.1) is 0 Å². The van der Waals surface area contributed by atoms with Gasteiger partial charge in [-0.1, -0.05) is 62.7 Å². The summed E-state index contributed by atoms with van der Waals surface area (Å²) < 4.78 is 0.396. The molecule has 14 heavy (non-hydrogen) atoms. The standard InChI is InChI=1S/C12H21Cl2/c1-10(2)8-6-4-5-7-9-11(3)12(13)14/h9-10H,4-8H2,1-3H3. The van der Waals surface area contributed by atoms with Crippen molar-refractivity contribution < 1.29 is 0 Å². The summed E-state index contributed by atoms with van der Waals surface area (Å²) in [5.41, 5.74) is 0.997. The van der Waals surface area contributed by atoms with Gasteiger partial charge in [0.1, 0.15) is 4.49 Å². The zero-order valence-corrected chi connectivity index (χ0v) is 11.0. The van der Waals surface area contributed by atoms with E-state index in [0.29, 0.717) is 4.49 Å². The van der Waals surface area contributed by atoms with Crippen molar-refractivity contribution in [1.82, 2.24) is 0 Å². The van der Waals surface area contributed by atoms with Crippen LogP contribution < -0.4 is 0 Å². The Balaban J connectivity index is 3.26. The maximum Gasteiger partial charge on any atom is 0.106 e. The van der Waals surface area contributed by atoms with Crippen molar-refractivity contribution in [3.05, 3.63) is 16.5 Å². The fourth-order valence-corrected chi connectivity index (χ4v) is 1.42. The highest BCUT2D eigenvalue weighted by atomic mass is 35.5. The summed E-state index contributed by atoms with van der Waals surface area (Å²) in [5.74, 6) is 0.831. The number of rotatable bonds is 7. The summed E-state index contributed by atoms with van der Waals surface area (Å²) in [6, 6.07) is 0. The van der Waals surface area contributed by atoms with E-state index in [1.54, 1.807) is 0 Å². The van der Waals surface area contributed by atoms with Crippen LogP contribution in [0.15, 0.2) is 10.1 Å². The zero-order chi connectivity index (χ0) is 11.0. The molecule has 0 saturated carbocycles. The molecule has 0 spiro atoms. The lowest BCUT2D eigenvalue weighted by atomic mass is 10.0. The highest BCUT2D eigenvalue weighted by Gasteiger charge is 1.98. The van der Waals surface area contributed by atoms with E-state index in [1.165, 1.54) is 25.7 Å². The van der Waals surface area contributed by atoms with E-state index in [1.807, 2.05) is 6.92 Å². The second-order valence-electron chi connectivity index (χ2n) is 4.18. The van der Waals surface area contributed by atoms with Crippen molar-refractivity contribution >= 4 is 23.2 Å². The number of unbranched alkanes of at least 4 members (excludes halogenated alkanes) is 3. The molecule has 0 heterocycles. The maximum atomic E-state index is 5.62. The predicted molar refractivity (Wildman–Crippen MR) is 66.6 cm³/mol. The van der Waals surface area contributed by atoms with E-state index in [2.05, 4.69) is 20.3 Å². The molecule has 0 nitrogen and oxygen atoms in total. The fourth-order valence-electron chi connectivity index (χ4n) is 1.27. The molecule has 0 bridgehead atoms. The van der Waals surface area contributed by atoms with Crippen LogP contribution in [0.5, 0.6) is 0 Å². The van der Waals surface area contributed by atoms with Crippen LogP contribution in [-0.2, 0) is 0 Å². The van der Waals surface area contributed by atoms with Crippen LogP contribution in [-0.4, -0.2) is 0 Å².